The molecule has 2 N–H and O–H groups in total. The monoisotopic (exact) mass is 253 g/mol. The van der Waals surface area contributed by atoms with Crippen LogP contribution in [0.15, 0.2) is 24.3 Å². The lowest BCUT2D eigenvalue weighted by Crippen LogP contribution is -2.36. The van der Waals surface area contributed by atoms with Gasteiger partial charge in [-0.25, -0.2) is 0 Å². The van der Waals surface area contributed by atoms with Crippen molar-refractivity contribution in [1.82, 2.24) is 5.32 Å². The molecule has 0 heterocycles. The third-order valence-corrected chi connectivity index (χ3v) is 2.76. The molecule has 102 valence electrons. The van der Waals surface area contributed by atoms with E-state index in [0.717, 1.165) is 12.2 Å². The van der Waals surface area contributed by atoms with Gasteiger partial charge in [-0.2, -0.15) is 0 Å². The van der Waals surface area contributed by atoms with Crippen LogP contribution in [0, 0.1) is 0 Å². The second kappa shape index (κ2) is 8.08. The molecule has 0 amide bonds. The van der Waals surface area contributed by atoms with Gasteiger partial charge in [0, 0.05) is 19.7 Å². The topological polar surface area (TPSA) is 50.7 Å². The van der Waals surface area contributed by atoms with Gasteiger partial charge in [-0.3, -0.25) is 0 Å². The number of methoxy groups -OCH3 is 2. The summed E-state index contributed by atoms with van der Waals surface area (Å²) in [5, 5.41) is 12.8. The molecule has 0 aliphatic heterocycles. The highest BCUT2D eigenvalue weighted by molar-refractivity contribution is 5.27. The van der Waals surface area contributed by atoms with Gasteiger partial charge in [0.1, 0.15) is 5.75 Å². The van der Waals surface area contributed by atoms with Gasteiger partial charge >= 0.3 is 0 Å². The minimum absolute atomic E-state index is 0.310. The van der Waals surface area contributed by atoms with Crippen LogP contribution in [-0.2, 0) is 11.2 Å². The molecule has 0 spiro atoms. The lowest BCUT2D eigenvalue weighted by Gasteiger charge is -2.17. The van der Waals surface area contributed by atoms with Gasteiger partial charge in [0.15, 0.2) is 0 Å². The average molecular weight is 253 g/mol. The van der Waals surface area contributed by atoms with Gasteiger partial charge in [0.05, 0.1) is 19.8 Å². The summed E-state index contributed by atoms with van der Waals surface area (Å²) < 4.78 is 9.99. The maximum atomic E-state index is 9.53. The van der Waals surface area contributed by atoms with Gasteiger partial charge in [-0.15, -0.1) is 0 Å². The van der Waals surface area contributed by atoms with Crippen LogP contribution in [0.1, 0.15) is 12.5 Å². The Hall–Kier alpha value is -1.10. The fourth-order valence-electron chi connectivity index (χ4n) is 1.78. The number of benzene rings is 1. The molecule has 2 unspecified atom stereocenters. The molecule has 1 aromatic carbocycles. The predicted molar refractivity (Wildman–Crippen MR) is 72.0 cm³/mol. The van der Waals surface area contributed by atoms with Gasteiger partial charge in [0.25, 0.3) is 0 Å². The standard InChI is InChI=1S/C14H23NO3/c1-11(15-9-13(16)10-17-2)8-12-4-6-14(18-3)7-5-12/h4-7,11,13,15-16H,8-10H2,1-3H3. The van der Waals surface area contributed by atoms with Crippen LogP contribution in [0.25, 0.3) is 0 Å². The minimum Gasteiger partial charge on any atom is -0.497 e. The molecular weight excluding hydrogens is 230 g/mol. The molecule has 1 aromatic rings. The number of nitrogens with one attached hydrogen (secondary N) is 1. The summed E-state index contributed by atoms with van der Waals surface area (Å²) in [6.45, 7) is 3.01. The maximum absolute atomic E-state index is 9.53. The summed E-state index contributed by atoms with van der Waals surface area (Å²) in [5.41, 5.74) is 1.25. The minimum atomic E-state index is -0.451. The molecule has 2 atom stereocenters. The van der Waals surface area contributed by atoms with Crippen molar-refractivity contribution >= 4 is 0 Å². The molecule has 4 nitrogen and oxygen atoms in total. The number of ether oxygens (including phenoxy) is 2. The second-order valence-electron chi connectivity index (χ2n) is 4.47. The summed E-state index contributed by atoms with van der Waals surface area (Å²) in [5.74, 6) is 0.870. The Morgan fingerprint density at radius 3 is 2.44 bits per heavy atom. The molecule has 0 saturated carbocycles. The Kier molecular flexibility index (Phi) is 6.72. The Bertz CT molecular complexity index is 326. The first-order valence-electron chi connectivity index (χ1n) is 6.19. The number of rotatable bonds is 8. The van der Waals surface area contributed by atoms with Crippen molar-refractivity contribution in [1.29, 1.82) is 0 Å². The molecule has 0 fully saturated rings. The van der Waals surface area contributed by atoms with E-state index in [2.05, 4.69) is 24.4 Å². The summed E-state index contributed by atoms with van der Waals surface area (Å²) >= 11 is 0. The van der Waals surface area contributed by atoms with Crippen LogP contribution >= 0.6 is 0 Å². The third kappa shape index (κ3) is 5.49. The maximum Gasteiger partial charge on any atom is 0.118 e. The van der Waals surface area contributed by atoms with Crippen LogP contribution in [-0.4, -0.2) is 44.6 Å². The van der Waals surface area contributed by atoms with E-state index in [1.165, 1.54) is 5.56 Å². The fourth-order valence-corrected chi connectivity index (χ4v) is 1.78. The quantitative estimate of drug-likeness (QED) is 0.731. The van der Waals surface area contributed by atoms with Crippen molar-refractivity contribution in [3.8, 4) is 5.75 Å². The van der Waals surface area contributed by atoms with Crippen molar-refractivity contribution in [2.24, 2.45) is 0 Å². The van der Waals surface area contributed by atoms with Gasteiger partial charge in [-0.1, -0.05) is 12.1 Å². The van der Waals surface area contributed by atoms with E-state index in [-0.39, 0.29) is 0 Å². The SMILES string of the molecule is COCC(O)CNC(C)Cc1ccc(OC)cc1. The first-order chi connectivity index (χ1) is 8.65. The Balaban J connectivity index is 2.32. The number of aliphatic hydroxyl groups is 1. The number of aliphatic hydroxyl groups excluding tert-OH is 1. The highest BCUT2D eigenvalue weighted by Crippen LogP contribution is 2.12. The third-order valence-electron chi connectivity index (χ3n) is 2.76. The molecule has 18 heavy (non-hydrogen) atoms. The highest BCUT2D eigenvalue weighted by atomic mass is 16.5. The lowest BCUT2D eigenvalue weighted by molar-refractivity contribution is 0.0631. The predicted octanol–water partition coefficient (Wildman–Crippen LogP) is 1.22. The van der Waals surface area contributed by atoms with Crippen LogP contribution < -0.4 is 10.1 Å². The van der Waals surface area contributed by atoms with Crippen molar-refractivity contribution in [3.05, 3.63) is 29.8 Å². The molecule has 0 bridgehead atoms. The number of hydrogen-bond acceptors (Lipinski definition) is 4. The zero-order chi connectivity index (χ0) is 13.4. The molecule has 0 aromatic heterocycles. The van der Waals surface area contributed by atoms with Crippen molar-refractivity contribution < 1.29 is 14.6 Å². The van der Waals surface area contributed by atoms with Crippen LogP contribution in [0.4, 0.5) is 0 Å². The Morgan fingerprint density at radius 1 is 1.22 bits per heavy atom. The largest absolute Gasteiger partial charge is 0.497 e. The molecule has 0 aliphatic rings. The Morgan fingerprint density at radius 2 is 1.89 bits per heavy atom. The first kappa shape index (κ1) is 15.0. The van der Waals surface area contributed by atoms with Crippen molar-refractivity contribution in [3.63, 3.8) is 0 Å². The zero-order valence-corrected chi connectivity index (χ0v) is 11.3. The normalized spacial score (nSPS) is 14.2. The van der Waals surface area contributed by atoms with E-state index in [1.54, 1.807) is 14.2 Å². The summed E-state index contributed by atoms with van der Waals surface area (Å²) in [6, 6.07) is 8.35. The van der Waals surface area contributed by atoms with E-state index in [9.17, 15) is 5.11 Å². The molecular formula is C14H23NO3. The fraction of sp³-hybridized carbons (Fsp3) is 0.571. The Labute approximate surface area is 109 Å². The van der Waals surface area contributed by atoms with Gasteiger partial charge in [-0.05, 0) is 31.0 Å². The van der Waals surface area contributed by atoms with E-state index in [4.69, 9.17) is 9.47 Å². The summed E-state index contributed by atoms with van der Waals surface area (Å²) in [6.07, 6.45) is 0.470. The highest BCUT2D eigenvalue weighted by Gasteiger charge is 2.07. The van der Waals surface area contributed by atoms with Crippen LogP contribution in [0.5, 0.6) is 5.75 Å². The molecule has 0 radical (unpaired) electrons. The van der Waals surface area contributed by atoms with E-state index in [1.807, 2.05) is 12.1 Å². The molecule has 0 aliphatic carbocycles. The summed E-state index contributed by atoms with van der Waals surface area (Å²) in [7, 11) is 3.25. The second-order valence-corrected chi connectivity index (χ2v) is 4.47. The average Bonchev–Trinajstić information content (AvgIpc) is 2.38. The van der Waals surface area contributed by atoms with E-state index in [0.29, 0.717) is 19.2 Å². The van der Waals surface area contributed by atoms with Gasteiger partial charge < -0.3 is 19.9 Å². The van der Waals surface area contributed by atoms with Crippen molar-refractivity contribution in [2.75, 3.05) is 27.4 Å². The van der Waals surface area contributed by atoms with Crippen molar-refractivity contribution in [2.45, 2.75) is 25.5 Å². The van der Waals surface area contributed by atoms with Crippen LogP contribution in [0.2, 0.25) is 0 Å². The van der Waals surface area contributed by atoms with E-state index < -0.39 is 6.10 Å². The molecule has 4 heteroatoms. The molecule has 1 rings (SSSR count). The van der Waals surface area contributed by atoms with E-state index >= 15 is 0 Å². The smallest absolute Gasteiger partial charge is 0.118 e. The first-order valence-corrected chi connectivity index (χ1v) is 6.19. The number of hydrogen-bond donors (Lipinski definition) is 2. The van der Waals surface area contributed by atoms with Gasteiger partial charge in [0.2, 0.25) is 0 Å². The molecule has 0 saturated heterocycles. The van der Waals surface area contributed by atoms with Crippen LogP contribution in [0.3, 0.4) is 0 Å². The lowest BCUT2D eigenvalue weighted by atomic mass is 10.1. The zero-order valence-electron chi connectivity index (χ0n) is 11.3. The summed E-state index contributed by atoms with van der Waals surface area (Å²) in [4.78, 5) is 0.